The number of hydrogen-bond donors (Lipinski definition) is 2. The number of carbonyl (C=O) groups is 1. The Hall–Kier alpha value is -3.62. The van der Waals surface area contributed by atoms with Crippen LogP contribution in [-0.2, 0) is 10.0 Å². The molecule has 4 aromatic rings. The van der Waals surface area contributed by atoms with Crippen molar-refractivity contribution >= 4 is 26.8 Å². The molecule has 1 amide bonds. The number of rotatable bonds is 9. The average molecular weight is 532 g/mol. The monoisotopic (exact) mass is 531 g/mol. The number of piperidine rings is 1. The van der Waals surface area contributed by atoms with Crippen molar-refractivity contribution in [2.75, 3.05) is 25.4 Å². The first-order valence-electron chi connectivity index (χ1n) is 13.0. The summed E-state index contributed by atoms with van der Waals surface area (Å²) in [7, 11) is -3.36. The van der Waals surface area contributed by atoms with Gasteiger partial charge >= 0.3 is 0 Å². The summed E-state index contributed by atoms with van der Waals surface area (Å²) in [5, 5.41) is 0.967. The molecule has 5 rings (SSSR count). The van der Waals surface area contributed by atoms with Gasteiger partial charge in [0.1, 0.15) is 5.75 Å². The number of benzene rings is 3. The number of sulfonamides is 1. The second kappa shape index (κ2) is 11.0. The van der Waals surface area contributed by atoms with Crippen molar-refractivity contribution in [2.24, 2.45) is 5.73 Å². The van der Waals surface area contributed by atoms with Crippen LogP contribution < -0.4 is 10.5 Å². The fraction of sp³-hybridized carbons (Fsp3) is 0.300. The number of nitrogens with one attached hydrogen (secondary N) is 1. The Kier molecular flexibility index (Phi) is 7.53. The molecule has 2 heterocycles. The van der Waals surface area contributed by atoms with E-state index in [0.717, 1.165) is 38.9 Å². The molecule has 3 N–H and O–H groups in total. The number of H-pyrrole nitrogens is 1. The van der Waals surface area contributed by atoms with Gasteiger partial charge in [-0.25, -0.2) is 12.7 Å². The van der Waals surface area contributed by atoms with E-state index in [1.54, 1.807) is 4.31 Å². The molecule has 0 bridgehead atoms. The van der Waals surface area contributed by atoms with Crippen LogP contribution in [0, 0.1) is 6.92 Å². The highest BCUT2D eigenvalue weighted by Gasteiger charge is 2.30. The highest BCUT2D eigenvalue weighted by Crippen LogP contribution is 2.37. The SMILES string of the molecule is Cc1cccc(OCCCS(=O)(=O)N2CCC(c3c[nH]c4c(C(N)=O)cc(-c5ccccc5)cc34)CC2)c1. The number of aromatic amines is 1. The molecule has 38 heavy (non-hydrogen) atoms. The average Bonchev–Trinajstić information content (AvgIpc) is 3.35. The maximum Gasteiger partial charge on any atom is 0.250 e. The number of aromatic nitrogens is 1. The van der Waals surface area contributed by atoms with E-state index in [9.17, 15) is 13.2 Å². The van der Waals surface area contributed by atoms with Crippen LogP contribution in [-0.4, -0.2) is 49.1 Å². The number of carbonyl (C=O) groups excluding carboxylic acids is 1. The summed E-state index contributed by atoms with van der Waals surface area (Å²) in [4.78, 5) is 15.5. The van der Waals surface area contributed by atoms with Gasteiger partial charge in [0.2, 0.25) is 10.0 Å². The smallest absolute Gasteiger partial charge is 0.250 e. The molecule has 0 unspecified atom stereocenters. The third kappa shape index (κ3) is 5.61. The molecule has 1 aliphatic rings. The van der Waals surface area contributed by atoms with Gasteiger partial charge in [-0.3, -0.25) is 4.79 Å². The molecular formula is C30H33N3O4S. The summed E-state index contributed by atoms with van der Waals surface area (Å²) in [6, 6.07) is 21.6. The molecule has 1 saturated heterocycles. The molecule has 7 nitrogen and oxygen atoms in total. The lowest BCUT2D eigenvalue weighted by Gasteiger charge is -2.31. The van der Waals surface area contributed by atoms with Gasteiger partial charge in [0.15, 0.2) is 0 Å². The molecule has 198 valence electrons. The Labute approximate surface area is 223 Å². The number of fused-ring (bicyclic) bond motifs is 1. The third-order valence-electron chi connectivity index (χ3n) is 7.29. The van der Waals surface area contributed by atoms with Gasteiger partial charge in [0, 0.05) is 24.7 Å². The second-order valence-corrected chi connectivity index (χ2v) is 12.0. The Bertz CT molecular complexity index is 1540. The minimum absolute atomic E-state index is 0.0684. The fourth-order valence-electron chi connectivity index (χ4n) is 5.29. The molecular weight excluding hydrogens is 498 g/mol. The van der Waals surface area contributed by atoms with Gasteiger partial charge in [0.25, 0.3) is 5.91 Å². The van der Waals surface area contributed by atoms with Crippen LogP contribution in [0.1, 0.15) is 46.7 Å². The predicted octanol–water partition coefficient (Wildman–Crippen LogP) is 5.22. The van der Waals surface area contributed by atoms with E-state index in [0.29, 0.717) is 44.5 Å². The van der Waals surface area contributed by atoms with Gasteiger partial charge in [0.05, 0.1) is 23.4 Å². The summed E-state index contributed by atoms with van der Waals surface area (Å²) in [6.07, 6.45) is 3.82. The number of aryl methyl sites for hydroxylation is 1. The molecule has 1 fully saturated rings. The Morgan fingerprint density at radius 3 is 2.50 bits per heavy atom. The summed E-state index contributed by atoms with van der Waals surface area (Å²) in [6.45, 7) is 3.30. The van der Waals surface area contributed by atoms with Crippen LogP contribution in [0.2, 0.25) is 0 Å². The van der Waals surface area contributed by atoms with Crippen LogP contribution in [0.25, 0.3) is 22.0 Å². The molecule has 0 saturated carbocycles. The summed E-state index contributed by atoms with van der Waals surface area (Å²) < 4.78 is 33.3. The predicted molar refractivity (Wildman–Crippen MR) is 151 cm³/mol. The van der Waals surface area contributed by atoms with Crippen molar-refractivity contribution in [1.82, 2.24) is 9.29 Å². The normalized spacial score (nSPS) is 15.1. The molecule has 8 heteroatoms. The van der Waals surface area contributed by atoms with Gasteiger partial charge in [-0.05, 0) is 78.6 Å². The zero-order valence-electron chi connectivity index (χ0n) is 21.5. The number of hydrogen-bond acceptors (Lipinski definition) is 4. The van der Waals surface area contributed by atoms with Crippen molar-refractivity contribution in [3.63, 3.8) is 0 Å². The first kappa shape index (κ1) is 26.0. The molecule has 1 aliphatic heterocycles. The van der Waals surface area contributed by atoms with Crippen LogP contribution in [0.3, 0.4) is 0 Å². The first-order valence-corrected chi connectivity index (χ1v) is 14.6. The lowest BCUT2D eigenvalue weighted by atomic mass is 9.88. The van der Waals surface area contributed by atoms with E-state index >= 15 is 0 Å². The van der Waals surface area contributed by atoms with Crippen LogP contribution >= 0.6 is 0 Å². The number of amides is 1. The van der Waals surface area contributed by atoms with Gasteiger partial charge in [-0.15, -0.1) is 0 Å². The second-order valence-electron chi connectivity index (χ2n) is 9.93. The standard InChI is InChI=1S/C30H33N3O4S/c1-21-7-5-10-25(17-21)37-15-6-16-38(35,36)33-13-11-23(12-14-33)28-20-32-29-26(28)18-24(19-27(29)30(31)34)22-8-3-2-4-9-22/h2-5,7-10,17-20,23,32H,6,11-16H2,1H3,(H2,31,34). The maximum atomic E-state index is 13.0. The highest BCUT2D eigenvalue weighted by atomic mass is 32.2. The van der Waals surface area contributed by atoms with Gasteiger partial charge < -0.3 is 15.5 Å². The van der Waals surface area contributed by atoms with E-state index in [4.69, 9.17) is 10.5 Å². The van der Waals surface area contributed by atoms with E-state index in [2.05, 4.69) is 11.1 Å². The van der Waals surface area contributed by atoms with Crippen molar-refractivity contribution < 1.29 is 17.9 Å². The third-order valence-corrected chi connectivity index (χ3v) is 9.24. The van der Waals surface area contributed by atoms with Crippen molar-refractivity contribution in [3.05, 3.63) is 89.6 Å². The lowest BCUT2D eigenvalue weighted by Crippen LogP contribution is -2.39. The number of ether oxygens (including phenoxy) is 1. The van der Waals surface area contributed by atoms with Gasteiger partial charge in [-0.1, -0.05) is 42.5 Å². The molecule has 3 aromatic carbocycles. The van der Waals surface area contributed by atoms with Crippen LogP contribution in [0.15, 0.2) is 72.9 Å². The number of nitrogens with two attached hydrogens (primary N) is 1. The topological polar surface area (TPSA) is 105 Å². The first-order chi connectivity index (χ1) is 18.3. The fourth-order valence-corrected chi connectivity index (χ4v) is 6.80. The minimum Gasteiger partial charge on any atom is -0.494 e. The molecule has 1 aromatic heterocycles. The van der Waals surface area contributed by atoms with Crippen molar-refractivity contribution in [2.45, 2.75) is 32.1 Å². The van der Waals surface area contributed by atoms with Crippen molar-refractivity contribution in [1.29, 1.82) is 0 Å². The quantitative estimate of drug-likeness (QED) is 0.289. The summed E-state index contributed by atoms with van der Waals surface area (Å²) in [5.74, 6) is 0.538. The maximum absolute atomic E-state index is 13.0. The number of nitrogens with zero attached hydrogens (tertiary/aromatic N) is 1. The van der Waals surface area contributed by atoms with E-state index in [1.165, 1.54) is 0 Å². The molecule has 0 radical (unpaired) electrons. The van der Waals surface area contributed by atoms with E-state index < -0.39 is 15.9 Å². The zero-order chi connectivity index (χ0) is 26.7. The largest absolute Gasteiger partial charge is 0.494 e. The summed E-state index contributed by atoms with van der Waals surface area (Å²) in [5.41, 5.74) is 11.1. The van der Waals surface area contributed by atoms with Crippen LogP contribution in [0.5, 0.6) is 5.75 Å². The van der Waals surface area contributed by atoms with Crippen LogP contribution in [0.4, 0.5) is 0 Å². The lowest BCUT2D eigenvalue weighted by molar-refractivity contribution is 0.100. The van der Waals surface area contributed by atoms with E-state index in [-0.39, 0.29) is 11.7 Å². The highest BCUT2D eigenvalue weighted by molar-refractivity contribution is 7.89. The summed E-state index contributed by atoms with van der Waals surface area (Å²) >= 11 is 0. The Morgan fingerprint density at radius 1 is 1.03 bits per heavy atom. The van der Waals surface area contributed by atoms with E-state index in [1.807, 2.05) is 73.8 Å². The molecule has 0 atom stereocenters. The molecule has 0 aliphatic carbocycles. The Morgan fingerprint density at radius 2 is 1.79 bits per heavy atom. The molecule has 0 spiro atoms. The minimum atomic E-state index is -3.36. The zero-order valence-corrected chi connectivity index (χ0v) is 22.3. The van der Waals surface area contributed by atoms with Crippen molar-refractivity contribution in [3.8, 4) is 16.9 Å². The van der Waals surface area contributed by atoms with Gasteiger partial charge in [-0.2, -0.15) is 0 Å². The Balaban J connectivity index is 1.26. The number of primary amides is 1.